The first kappa shape index (κ1) is 13.7. The summed E-state index contributed by atoms with van der Waals surface area (Å²) in [6, 6.07) is 0.183. The van der Waals surface area contributed by atoms with Crippen LogP contribution in [0.3, 0.4) is 0 Å². The van der Waals surface area contributed by atoms with Crippen LogP contribution in [-0.2, 0) is 0 Å². The Morgan fingerprint density at radius 1 is 1.32 bits per heavy atom. The van der Waals surface area contributed by atoms with Gasteiger partial charge in [0.2, 0.25) is 0 Å². The lowest BCUT2D eigenvalue weighted by Gasteiger charge is -2.56. The maximum absolute atomic E-state index is 12.6. The van der Waals surface area contributed by atoms with E-state index in [9.17, 15) is 4.79 Å². The van der Waals surface area contributed by atoms with E-state index in [-0.39, 0.29) is 17.5 Å². The van der Waals surface area contributed by atoms with Gasteiger partial charge in [-0.3, -0.25) is 9.69 Å². The predicted molar refractivity (Wildman–Crippen MR) is 82.6 cm³/mol. The van der Waals surface area contributed by atoms with Crippen LogP contribution in [0, 0.1) is 5.92 Å². The molecule has 0 aliphatic carbocycles. The SMILES string of the molecule is CC1(C)C(NC(=O)c2cn3ccnc3cn2)C2CCN1CC2. The van der Waals surface area contributed by atoms with Crippen molar-refractivity contribution < 1.29 is 4.79 Å². The third kappa shape index (κ3) is 2.01. The van der Waals surface area contributed by atoms with Gasteiger partial charge in [-0.15, -0.1) is 0 Å². The maximum Gasteiger partial charge on any atom is 0.271 e. The minimum atomic E-state index is -0.0950. The molecule has 6 nitrogen and oxygen atoms in total. The second-order valence-electron chi connectivity index (χ2n) is 6.89. The molecule has 1 atom stereocenters. The molecule has 2 aromatic heterocycles. The van der Waals surface area contributed by atoms with Crippen LogP contribution in [0.25, 0.3) is 5.65 Å². The number of rotatable bonds is 2. The average Bonchev–Trinajstić information content (AvgIpc) is 2.98. The number of nitrogens with zero attached hydrogens (tertiary/aromatic N) is 4. The van der Waals surface area contributed by atoms with E-state index < -0.39 is 0 Å². The number of hydrogen-bond acceptors (Lipinski definition) is 4. The Kier molecular flexibility index (Phi) is 2.97. The van der Waals surface area contributed by atoms with Gasteiger partial charge < -0.3 is 9.72 Å². The fourth-order valence-electron chi connectivity index (χ4n) is 4.04. The topological polar surface area (TPSA) is 62.5 Å². The number of hydrogen-bond donors (Lipinski definition) is 1. The zero-order chi connectivity index (χ0) is 15.3. The molecule has 1 amide bonds. The summed E-state index contributed by atoms with van der Waals surface area (Å²) in [5.41, 5.74) is 1.20. The summed E-state index contributed by atoms with van der Waals surface area (Å²) in [5, 5.41) is 3.24. The van der Waals surface area contributed by atoms with Gasteiger partial charge in [-0.1, -0.05) is 0 Å². The average molecular weight is 299 g/mol. The van der Waals surface area contributed by atoms with Gasteiger partial charge in [-0.25, -0.2) is 9.97 Å². The van der Waals surface area contributed by atoms with E-state index in [4.69, 9.17) is 0 Å². The van der Waals surface area contributed by atoms with Gasteiger partial charge in [0.1, 0.15) is 5.69 Å². The summed E-state index contributed by atoms with van der Waals surface area (Å²) >= 11 is 0. The number of carbonyl (C=O) groups excluding carboxylic acids is 1. The molecule has 1 unspecified atom stereocenters. The smallest absolute Gasteiger partial charge is 0.271 e. The molecule has 0 saturated carbocycles. The van der Waals surface area contributed by atoms with Crippen molar-refractivity contribution in [3.05, 3.63) is 30.5 Å². The van der Waals surface area contributed by atoms with Crippen LogP contribution in [0.5, 0.6) is 0 Å². The molecule has 22 heavy (non-hydrogen) atoms. The van der Waals surface area contributed by atoms with E-state index in [1.54, 1.807) is 18.6 Å². The lowest BCUT2D eigenvalue weighted by molar-refractivity contribution is -0.0378. The van der Waals surface area contributed by atoms with Crippen molar-refractivity contribution in [2.75, 3.05) is 13.1 Å². The summed E-state index contributed by atoms with van der Waals surface area (Å²) in [6.07, 6.45) is 9.24. The van der Waals surface area contributed by atoms with E-state index in [1.807, 2.05) is 10.6 Å². The first-order chi connectivity index (χ1) is 10.6. The number of fused-ring (bicyclic) bond motifs is 4. The molecule has 5 heterocycles. The van der Waals surface area contributed by atoms with Crippen LogP contribution in [0.2, 0.25) is 0 Å². The van der Waals surface area contributed by atoms with Gasteiger partial charge >= 0.3 is 0 Å². The molecule has 116 valence electrons. The lowest BCUT2D eigenvalue weighted by atomic mass is 9.72. The monoisotopic (exact) mass is 299 g/mol. The zero-order valence-electron chi connectivity index (χ0n) is 13.0. The van der Waals surface area contributed by atoms with Crippen LogP contribution >= 0.6 is 0 Å². The van der Waals surface area contributed by atoms with Gasteiger partial charge in [-0.05, 0) is 45.7 Å². The van der Waals surface area contributed by atoms with Crippen LogP contribution in [0.15, 0.2) is 24.8 Å². The lowest BCUT2D eigenvalue weighted by Crippen LogP contribution is -2.69. The number of amides is 1. The standard InChI is InChI=1S/C16H21N5O/c1-16(2)14(11-3-6-21(16)7-4-11)19-15(22)12-10-20-8-5-17-13(20)9-18-12/h5,8-11,14H,3-4,6-7H2,1-2H3,(H,19,22). The highest BCUT2D eigenvalue weighted by molar-refractivity contribution is 5.92. The molecule has 0 spiro atoms. The second-order valence-corrected chi connectivity index (χ2v) is 6.89. The normalized spacial score (nSPS) is 29.6. The van der Waals surface area contributed by atoms with Gasteiger partial charge in [0.25, 0.3) is 5.91 Å². The van der Waals surface area contributed by atoms with Crippen molar-refractivity contribution in [1.29, 1.82) is 0 Å². The third-order valence-electron chi connectivity index (χ3n) is 5.39. The molecule has 5 rings (SSSR count). The molecule has 3 fully saturated rings. The Hall–Kier alpha value is -1.95. The molecule has 6 heteroatoms. The molecule has 1 N–H and O–H groups in total. The van der Waals surface area contributed by atoms with E-state index in [1.165, 1.54) is 12.8 Å². The Balaban J connectivity index is 1.58. The van der Waals surface area contributed by atoms with Crippen LogP contribution in [0.1, 0.15) is 37.2 Å². The molecular formula is C16H21N5O. The van der Waals surface area contributed by atoms with Crippen molar-refractivity contribution in [3.8, 4) is 0 Å². The Labute approximate surface area is 129 Å². The van der Waals surface area contributed by atoms with Crippen molar-refractivity contribution >= 4 is 11.6 Å². The number of carbonyl (C=O) groups is 1. The molecule has 0 radical (unpaired) electrons. The minimum absolute atomic E-state index is 0.00985. The molecule has 2 bridgehead atoms. The van der Waals surface area contributed by atoms with Gasteiger partial charge in [0.05, 0.1) is 6.20 Å². The molecule has 3 saturated heterocycles. The van der Waals surface area contributed by atoms with E-state index in [2.05, 4.69) is 34.0 Å². The number of imidazole rings is 1. The summed E-state index contributed by atoms with van der Waals surface area (Å²) in [4.78, 5) is 23.5. The maximum atomic E-state index is 12.6. The summed E-state index contributed by atoms with van der Waals surface area (Å²) in [6.45, 7) is 6.75. The van der Waals surface area contributed by atoms with E-state index in [0.717, 1.165) is 18.7 Å². The first-order valence-corrected chi connectivity index (χ1v) is 7.90. The van der Waals surface area contributed by atoms with Crippen LogP contribution in [0.4, 0.5) is 0 Å². The Morgan fingerprint density at radius 2 is 2.09 bits per heavy atom. The van der Waals surface area contributed by atoms with Crippen molar-refractivity contribution in [2.45, 2.75) is 38.3 Å². The molecule has 0 aromatic carbocycles. The Bertz CT molecular complexity index is 714. The summed E-state index contributed by atoms with van der Waals surface area (Å²) in [7, 11) is 0. The van der Waals surface area contributed by atoms with Crippen molar-refractivity contribution in [3.63, 3.8) is 0 Å². The number of aromatic nitrogens is 3. The fourth-order valence-corrected chi connectivity index (χ4v) is 4.04. The van der Waals surface area contributed by atoms with Crippen LogP contribution in [-0.4, -0.2) is 49.8 Å². The number of nitrogens with one attached hydrogen (secondary N) is 1. The van der Waals surface area contributed by atoms with Crippen LogP contribution < -0.4 is 5.32 Å². The van der Waals surface area contributed by atoms with Crippen molar-refractivity contribution in [2.24, 2.45) is 5.92 Å². The van der Waals surface area contributed by atoms with E-state index >= 15 is 0 Å². The Morgan fingerprint density at radius 3 is 2.82 bits per heavy atom. The van der Waals surface area contributed by atoms with Gasteiger partial charge in [0.15, 0.2) is 5.65 Å². The third-order valence-corrected chi connectivity index (χ3v) is 5.39. The predicted octanol–water partition coefficient (Wildman–Crippen LogP) is 1.33. The summed E-state index contributed by atoms with van der Waals surface area (Å²) in [5.74, 6) is 0.475. The molecular weight excluding hydrogens is 278 g/mol. The first-order valence-electron chi connectivity index (χ1n) is 7.90. The molecule has 3 aliphatic heterocycles. The quantitative estimate of drug-likeness (QED) is 0.909. The highest BCUT2D eigenvalue weighted by atomic mass is 16.2. The van der Waals surface area contributed by atoms with Gasteiger partial charge in [-0.2, -0.15) is 0 Å². The van der Waals surface area contributed by atoms with Gasteiger partial charge in [0, 0.05) is 30.2 Å². The fraction of sp³-hybridized carbons (Fsp3) is 0.562. The van der Waals surface area contributed by atoms with Crippen molar-refractivity contribution in [1.82, 2.24) is 24.6 Å². The summed E-state index contributed by atoms with van der Waals surface area (Å²) < 4.78 is 1.82. The second kappa shape index (κ2) is 4.78. The minimum Gasteiger partial charge on any atom is -0.346 e. The molecule has 3 aliphatic rings. The highest BCUT2D eigenvalue weighted by Crippen LogP contribution is 2.39. The number of piperidine rings is 3. The van der Waals surface area contributed by atoms with E-state index in [0.29, 0.717) is 11.6 Å². The largest absolute Gasteiger partial charge is 0.346 e. The zero-order valence-corrected chi connectivity index (χ0v) is 13.0. The molecule has 2 aromatic rings. The highest BCUT2D eigenvalue weighted by Gasteiger charge is 2.48.